The number of hydrogen-bond donors (Lipinski definition) is 1. The van der Waals surface area contributed by atoms with Crippen molar-refractivity contribution in [3.05, 3.63) is 29.7 Å². The molecule has 0 aliphatic carbocycles. The molecule has 0 bridgehead atoms. The van der Waals surface area contributed by atoms with Gasteiger partial charge in [0.2, 0.25) is 0 Å². The molecule has 0 unspecified atom stereocenters. The highest BCUT2D eigenvalue weighted by atomic mass is 19.1. The van der Waals surface area contributed by atoms with Crippen molar-refractivity contribution in [1.82, 2.24) is 9.88 Å². The minimum absolute atomic E-state index is 0.239. The predicted molar refractivity (Wildman–Crippen MR) is 67.1 cm³/mol. The predicted octanol–water partition coefficient (Wildman–Crippen LogP) is 2.42. The van der Waals surface area contributed by atoms with E-state index in [0.29, 0.717) is 5.52 Å². The van der Waals surface area contributed by atoms with Crippen molar-refractivity contribution in [2.24, 2.45) is 0 Å². The molecule has 0 aliphatic heterocycles. The first-order chi connectivity index (χ1) is 8.13. The Bertz CT molecular complexity index is 519. The molecular formula is C13H17FN2O. The van der Waals surface area contributed by atoms with E-state index in [0.717, 1.165) is 29.7 Å². The minimum atomic E-state index is -0.239. The van der Waals surface area contributed by atoms with E-state index in [2.05, 4.69) is 9.88 Å². The summed E-state index contributed by atoms with van der Waals surface area (Å²) in [7, 11) is 5.65. The number of fused-ring (bicyclic) bond motifs is 1. The first-order valence-corrected chi connectivity index (χ1v) is 5.60. The standard InChI is InChI=1S/C13H17FN2O/c1-16(2)7-6-9-8-15-13-10(14)4-5-11(17-3)12(9)13/h4-5,8,15H,6-7H2,1-3H3. The van der Waals surface area contributed by atoms with Gasteiger partial charge in [-0.15, -0.1) is 0 Å². The van der Waals surface area contributed by atoms with Gasteiger partial charge in [-0.25, -0.2) is 4.39 Å². The van der Waals surface area contributed by atoms with Crippen LogP contribution in [-0.2, 0) is 6.42 Å². The summed E-state index contributed by atoms with van der Waals surface area (Å²) in [4.78, 5) is 5.08. The number of aromatic nitrogens is 1. The van der Waals surface area contributed by atoms with Crippen molar-refractivity contribution in [1.29, 1.82) is 0 Å². The van der Waals surface area contributed by atoms with Crippen molar-refractivity contribution in [2.45, 2.75) is 6.42 Å². The lowest BCUT2D eigenvalue weighted by atomic mass is 10.1. The van der Waals surface area contributed by atoms with Crippen LogP contribution in [0.1, 0.15) is 5.56 Å². The Morgan fingerprint density at radius 3 is 2.76 bits per heavy atom. The molecule has 0 atom stereocenters. The van der Waals surface area contributed by atoms with Crippen molar-refractivity contribution >= 4 is 10.9 Å². The highest BCUT2D eigenvalue weighted by Gasteiger charge is 2.12. The number of nitrogens with zero attached hydrogens (tertiary/aromatic N) is 1. The number of halogens is 1. The molecule has 1 heterocycles. The third-order valence-corrected chi connectivity index (χ3v) is 2.88. The van der Waals surface area contributed by atoms with E-state index in [9.17, 15) is 4.39 Å². The summed E-state index contributed by atoms with van der Waals surface area (Å²) in [5, 5.41) is 0.856. The van der Waals surface area contributed by atoms with Crippen molar-refractivity contribution in [3.8, 4) is 5.75 Å². The number of aromatic amines is 1. The molecule has 0 saturated carbocycles. The SMILES string of the molecule is COc1ccc(F)c2[nH]cc(CCN(C)C)c12. The molecule has 1 N–H and O–H groups in total. The third-order valence-electron chi connectivity index (χ3n) is 2.88. The Morgan fingerprint density at radius 2 is 2.12 bits per heavy atom. The van der Waals surface area contributed by atoms with E-state index in [-0.39, 0.29) is 5.82 Å². The van der Waals surface area contributed by atoms with Crippen LogP contribution in [0.4, 0.5) is 4.39 Å². The fourth-order valence-corrected chi connectivity index (χ4v) is 1.96. The second-order valence-electron chi connectivity index (χ2n) is 4.37. The molecular weight excluding hydrogens is 219 g/mol. The van der Waals surface area contributed by atoms with Gasteiger partial charge in [0.1, 0.15) is 11.6 Å². The van der Waals surface area contributed by atoms with E-state index < -0.39 is 0 Å². The van der Waals surface area contributed by atoms with Gasteiger partial charge in [-0.2, -0.15) is 0 Å². The molecule has 0 aliphatic rings. The number of benzene rings is 1. The van der Waals surface area contributed by atoms with Crippen molar-refractivity contribution in [3.63, 3.8) is 0 Å². The second kappa shape index (κ2) is 4.75. The van der Waals surface area contributed by atoms with Crippen LogP contribution in [0.3, 0.4) is 0 Å². The van der Waals surface area contributed by atoms with Gasteiger partial charge >= 0.3 is 0 Å². The Balaban J connectivity index is 2.46. The zero-order chi connectivity index (χ0) is 12.4. The molecule has 1 aromatic heterocycles. The second-order valence-corrected chi connectivity index (χ2v) is 4.37. The van der Waals surface area contributed by atoms with Crippen LogP contribution in [0.5, 0.6) is 5.75 Å². The smallest absolute Gasteiger partial charge is 0.147 e. The highest BCUT2D eigenvalue weighted by Crippen LogP contribution is 2.30. The first kappa shape index (κ1) is 11.9. The number of rotatable bonds is 4. The van der Waals surface area contributed by atoms with Gasteiger partial charge in [-0.1, -0.05) is 0 Å². The van der Waals surface area contributed by atoms with Crippen LogP contribution in [-0.4, -0.2) is 37.6 Å². The fourth-order valence-electron chi connectivity index (χ4n) is 1.96. The zero-order valence-corrected chi connectivity index (χ0v) is 10.4. The Hall–Kier alpha value is -1.55. The quantitative estimate of drug-likeness (QED) is 0.883. The molecule has 4 heteroatoms. The number of ether oxygens (including phenoxy) is 1. The molecule has 1 aromatic carbocycles. The summed E-state index contributed by atoms with van der Waals surface area (Å²) in [5.41, 5.74) is 1.61. The van der Waals surface area contributed by atoms with Crippen LogP contribution in [0.15, 0.2) is 18.3 Å². The molecule has 0 amide bonds. The molecule has 0 saturated heterocycles. The summed E-state index contributed by atoms with van der Waals surface area (Å²) in [5.74, 6) is 0.480. The first-order valence-electron chi connectivity index (χ1n) is 5.60. The monoisotopic (exact) mass is 236 g/mol. The number of hydrogen-bond acceptors (Lipinski definition) is 2. The molecule has 92 valence electrons. The van der Waals surface area contributed by atoms with E-state index in [1.54, 1.807) is 13.2 Å². The molecule has 0 fully saturated rings. The summed E-state index contributed by atoms with van der Waals surface area (Å²) in [6, 6.07) is 3.10. The molecule has 2 rings (SSSR count). The van der Waals surface area contributed by atoms with E-state index in [1.165, 1.54) is 6.07 Å². The summed E-state index contributed by atoms with van der Waals surface area (Å²) in [6.07, 6.45) is 2.73. The lowest BCUT2D eigenvalue weighted by Crippen LogP contribution is -2.14. The minimum Gasteiger partial charge on any atom is -0.496 e. The average Bonchev–Trinajstić information content (AvgIpc) is 2.72. The van der Waals surface area contributed by atoms with Gasteiger partial charge in [0.15, 0.2) is 0 Å². The normalized spacial score (nSPS) is 11.4. The summed E-state index contributed by atoms with van der Waals surface area (Å²) < 4.78 is 18.9. The molecule has 3 nitrogen and oxygen atoms in total. The Kier molecular flexibility index (Phi) is 3.33. The summed E-state index contributed by atoms with van der Waals surface area (Å²) >= 11 is 0. The number of methoxy groups -OCH3 is 1. The lowest BCUT2D eigenvalue weighted by Gasteiger charge is -2.09. The number of nitrogens with one attached hydrogen (secondary N) is 1. The summed E-state index contributed by atoms with van der Waals surface area (Å²) in [6.45, 7) is 0.923. The van der Waals surface area contributed by atoms with Crippen LogP contribution >= 0.6 is 0 Å². The Morgan fingerprint density at radius 1 is 1.35 bits per heavy atom. The molecule has 2 aromatic rings. The van der Waals surface area contributed by atoms with Crippen LogP contribution < -0.4 is 4.74 Å². The van der Waals surface area contributed by atoms with Crippen molar-refractivity contribution < 1.29 is 9.13 Å². The van der Waals surface area contributed by atoms with Gasteiger partial charge in [0.05, 0.1) is 12.6 Å². The highest BCUT2D eigenvalue weighted by molar-refractivity contribution is 5.89. The largest absolute Gasteiger partial charge is 0.496 e. The van der Waals surface area contributed by atoms with Crippen LogP contribution in [0.25, 0.3) is 10.9 Å². The molecule has 0 spiro atoms. The van der Waals surface area contributed by atoms with Gasteiger partial charge in [-0.05, 0) is 38.2 Å². The molecule has 17 heavy (non-hydrogen) atoms. The average molecular weight is 236 g/mol. The van der Waals surface area contributed by atoms with Gasteiger partial charge in [-0.3, -0.25) is 0 Å². The maximum absolute atomic E-state index is 13.6. The Labute approximate surface area is 100 Å². The van der Waals surface area contributed by atoms with Gasteiger partial charge in [0, 0.05) is 18.1 Å². The zero-order valence-electron chi connectivity index (χ0n) is 10.4. The van der Waals surface area contributed by atoms with Crippen LogP contribution in [0, 0.1) is 5.82 Å². The van der Waals surface area contributed by atoms with E-state index >= 15 is 0 Å². The van der Waals surface area contributed by atoms with E-state index in [1.807, 2.05) is 20.3 Å². The topological polar surface area (TPSA) is 28.3 Å². The van der Waals surface area contributed by atoms with Crippen molar-refractivity contribution in [2.75, 3.05) is 27.7 Å². The maximum Gasteiger partial charge on any atom is 0.147 e. The van der Waals surface area contributed by atoms with Gasteiger partial charge < -0.3 is 14.6 Å². The third kappa shape index (κ3) is 2.26. The van der Waals surface area contributed by atoms with E-state index in [4.69, 9.17) is 4.74 Å². The fraction of sp³-hybridized carbons (Fsp3) is 0.385. The molecule has 0 radical (unpaired) electrons. The lowest BCUT2D eigenvalue weighted by molar-refractivity contribution is 0.411. The maximum atomic E-state index is 13.6. The van der Waals surface area contributed by atoms with Crippen LogP contribution in [0.2, 0.25) is 0 Å². The number of likely N-dealkylation sites (N-methyl/N-ethyl adjacent to an activating group) is 1. The number of H-pyrrole nitrogens is 1. The van der Waals surface area contributed by atoms with Gasteiger partial charge in [0.25, 0.3) is 0 Å².